The van der Waals surface area contributed by atoms with Crippen molar-refractivity contribution in [3.63, 3.8) is 0 Å². The molecule has 1 saturated carbocycles. The summed E-state index contributed by atoms with van der Waals surface area (Å²) in [5, 5.41) is 0. The Morgan fingerprint density at radius 2 is 1.53 bits per heavy atom. The van der Waals surface area contributed by atoms with Gasteiger partial charge in [0.2, 0.25) is 5.82 Å². The average Bonchev–Trinajstić information content (AvgIpc) is 3.60. The van der Waals surface area contributed by atoms with Crippen LogP contribution >= 0.6 is 11.9 Å². The Hall–Kier alpha value is -1.91. The van der Waals surface area contributed by atoms with Crippen LogP contribution in [0.2, 0.25) is 0 Å². The van der Waals surface area contributed by atoms with Crippen molar-refractivity contribution < 1.29 is 22.0 Å². The first-order valence-corrected chi connectivity index (χ1v) is 10.5. The van der Waals surface area contributed by atoms with Crippen molar-refractivity contribution in [1.82, 2.24) is 14.2 Å². The van der Waals surface area contributed by atoms with Crippen LogP contribution in [0, 0.1) is 29.1 Å². The maximum Gasteiger partial charge on any atom is 0.200 e. The van der Waals surface area contributed by atoms with Crippen LogP contribution in [0.5, 0.6) is 0 Å². The minimum atomic E-state index is -2.14. The summed E-state index contributed by atoms with van der Waals surface area (Å²) in [7, 11) is 2.08. The maximum absolute atomic E-state index is 14.1. The number of likely N-dealkylation sites (N-methyl/N-ethyl adjacent to an activating group) is 1. The van der Waals surface area contributed by atoms with Gasteiger partial charge >= 0.3 is 0 Å². The van der Waals surface area contributed by atoms with Crippen LogP contribution in [0.4, 0.5) is 27.6 Å². The average molecular weight is 444 g/mol. The number of anilines is 1. The summed E-state index contributed by atoms with van der Waals surface area (Å²) in [5.41, 5.74) is 1.66. The second-order valence-corrected chi connectivity index (χ2v) is 8.65. The Kier molecular flexibility index (Phi) is 6.17. The predicted octanol–water partition coefficient (Wildman–Crippen LogP) is 4.20. The molecule has 1 aromatic carbocycles. The summed E-state index contributed by atoms with van der Waals surface area (Å²) in [6, 6.07) is 3.79. The van der Waals surface area contributed by atoms with Gasteiger partial charge in [0.1, 0.15) is 4.90 Å². The number of benzene rings is 1. The van der Waals surface area contributed by atoms with E-state index in [-0.39, 0.29) is 12.6 Å². The smallest absolute Gasteiger partial charge is 0.200 e. The normalized spacial score (nSPS) is 17.8. The van der Waals surface area contributed by atoms with E-state index in [9.17, 15) is 22.0 Å². The van der Waals surface area contributed by atoms with Crippen LogP contribution in [0.1, 0.15) is 18.5 Å². The molecule has 2 heterocycles. The van der Waals surface area contributed by atoms with Crippen LogP contribution in [0.15, 0.2) is 23.2 Å². The molecular formula is C20H21F5N4S. The molecule has 0 radical (unpaired) electrons. The minimum absolute atomic E-state index is 0.00378. The highest BCUT2D eigenvalue weighted by atomic mass is 32.2. The summed E-state index contributed by atoms with van der Waals surface area (Å²) in [6.45, 7) is 3.98. The fraction of sp³-hybridized carbons (Fsp3) is 0.450. The van der Waals surface area contributed by atoms with E-state index in [4.69, 9.17) is 0 Å². The van der Waals surface area contributed by atoms with Gasteiger partial charge in [0.05, 0.1) is 24.1 Å². The molecule has 2 aromatic rings. The highest BCUT2D eigenvalue weighted by Gasteiger charge is 2.34. The molecule has 10 heteroatoms. The third kappa shape index (κ3) is 4.40. The molecule has 1 saturated heterocycles. The second kappa shape index (κ2) is 8.68. The highest BCUT2D eigenvalue weighted by Crippen LogP contribution is 2.40. The summed E-state index contributed by atoms with van der Waals surface area (Å²) in [4.78, 5) is 8.06. The standard InChI is InChI=1S/C20H21F5N4S/c1-27-6-8-28(9-7-27)14-3-2-12(26-10-14)11-29(13-4-5-13)30-20-18(24)16(22)15(21)17(23)19(20)25/h2-3,10,13H,4-9,11H2,1H3. The zero-order chi connectivity index (χ0) is 21.4. The van der Waals surface area contributed by atoms with Crippen molar-refractivity contribution in [3.8, 4) is 0 Å². The molecule has 0 bridgehead atoms. The van der Waals surface area contributed by atoms with Gasteiger partial charge in [0.25, 0.3) is 0 Å². The largest absolute Gasteiger partial charge is 0.368 e. The van der Waals surface area contributed by atoms with Crippen LogP contribution in [0.3, 0.4) is 0 Å². The predicted molar refractivity (Wildman–Crippen MR) is 105 cm³/mol. The van der Waals surface area contributed by atoms with Crippen molar-refractivity contribution >= 4 is 17.6 Å². The maximum atomic E-state index is 14.1. The summed E-state index contributed by atoms with van der Waals surface area (Å²) in [5.74, 6) is -9.61. The molecule has 30 heavy (non-hydrogen) atoms. The van der Waals surface area contributed by atoms with E-state index in [2.05, 4.69) is 21.8 Å². The van der Waals surface area contributed by atoms with Crippen molar-refractivity contribution in [1.29, 1.82) is 0 Å². The lowest BCUT2D eigenvalue weighted by Crippen LogP contribution is -2.44. The number of halogens is 5. The molecular weight excluding hydrogens is 423 g/mol. The van der Waals surface area contributed by atoms with E-state index < -0.39 is 34.0 Å². The van der Waals surface area contributed by atoms with E-state index in [1.807, 2.05) is 12.1 Å². The van der Waals surface area contributed by atoms with Crippen LogP contribution in [0.25, 0.3) is 0 Å². The Labute approximate surface area is 175 Å². The van der Waals surface area contributed by atoms with Crippen molar-refractivity contribution in [2.24, 2.45) is 0 Å². The van der Waals surface area contributed by atoms with Gasteiger partial charge in [-0.1, -0.05) is 0 Å². The third-order valence-corrected chi connectivity index (χ3v) is 6.53. The first-order valence-electron chi connectivity index (χ1n) is 9.69. The zero-order valence-corrected chi connectivity index (χ0v) is 17.2. The molecule has 1 aliphatic heterocycles. The van der Waals surface area contributed by atoms with Gasteiger partial charge in [0, 0.05) is 32.2 Å². The van der Waals surface area contributed by atoms with Gasteiger partial charge in [0.15, 0.2) is 23.3 Å². The fourth-order valence-electron chi connectivity index (χ4n) is 3.30. The number of pyridine rings is 1. The van der Waals surface area contributed by atoms with E-state index in [0.717, 1.165) is 44.7 Å². The van der Waals surface area contributed by atoms with E-state index in [1.165, 1.54) is 0 Å². The number of piperazine rings is 1. The molecule has 0 spiro atoms. The molecule has 0 N–H and O–H groups in total. The number of nitrogens with zero attached hydrogens (tertiary/aromatic N) is 4. The van der Waals surface area contributed by atoms with Crippen molar-refractivity contribution in [2.75, 3.05) is 38.1 Å². The monoisotopic (exact) mass is 444 g/mol. The Balaban J connectivity index is 1.49. The molecule has 0 amide bonds. The molecule has 4 nitrogen and oxygen atoms in total. The SMILES string of the molecule is CN1CCN(c2ccc(CN(Sc3c(F)c(F)c(F)c(F)c3F)C3CC3)nc2)CC1. The minimum Gasteiger partial charge on any atom is -0.368 e. The van der Waals surface area contributed by atoms with Gasteiger partial charge < -0.3 is 9.80 Å². The summed E-state index contributed by atoms with van der Waals surface area (Å²) >= 11 is 0.558. The molecule has 1 aliphatic carbocycles. The van der Waals surface area contributed by atoms with E-state index in [1.54, 1.807) is 10.5 Å². The summed E-state index contributed by atoms with van der Waals surface area (Å²) in [6.07, 6.45) is 3.35. The molecule has 0 atom stereocenters. The quantitative estimate of drug-likeness (QED) is 0.288. The Morgan fingerprint density at radius 3 is 2.07 bits per heavy atom. The zero-order valence-electron chi connectivity index (χ0n) is 16.3. The van der Waals surface area contributed by atoms with Gasteiger partial charge in [-0.2, -0.15) is 0 Å². The number of rotatable bonds is 6. The Bertz CT molecular complexity index is 885. The molecule has 4 rings (SSSR count). The molecule has 0 unspecified atom stereocenters. The van der Waals surface area contributed by atoms with Gasteiger partial charge in [-0.3, -0.25) is 4.98 Å². The first-order chi connectivity index (χ1) is 14.3. The first kappa shape index (κ1) is 21.3. The molecule has 1 aromatic heterocycles. The molecule has 2 aliphatic rings. The lowest BCUT2D eigenvalue weighted by Gasteiger charge is -2.33. The fourth-order valence-corrected chi connectivity index (χ4v) is 4.43. The number of hydrogen-bond acceptors (Lipinski definition) is 5. The highest BCUT2D eigenvalue weighted by molar-refractivity contribution is 7.97. The lowest BCUT2D eigenvalue weighted by atomic mass is 10.2. The van der Waals surface area contributed by atoms with Crippen LogP contribution in [-0.2, 0) is 6.54 Å². The second-order valence-electron chi connectivity index (χ2n) is 7.59. The molecule has 2 fully saturated rings. The van der Waals surface area contributed by atoms with E-state index >= 15 is 0 Å². The summed E-state index contributed by atoms with van der Waals surface area (Å²) < 4.78 is 70.1. The lowest BCUT2D eigenvalue weighted by molar-refractivity contribution is 0.313. The van der Waals surface area contributed by atoms with Crippen LogP contribution in [-0.4, -0.2) is 53.5 Å². The number of hydrogen-bond donors (Lipinski definition) is 0. The Morgan fingerprint density at radius 1 is 0.933 bits per heavy atom. The van der Waals surface area contributed by atoms with Gasteiger partial charge in [-0.25, -0.2) is 26.3 Å². The molecule has 162 valence electrons. The third-order valence-electron chi connectivity index (χ3n) is 5.33. The number of aromatic nitrogens is 1. The topological polar surface area (TPSA) is 22.6 Å². The van der Waals surface area contributed by atoms with E-state index in [0.29, 0.717) is 17.6 Å². The van der Waals surface area contributed by atoms with Crippen molar-refractivity contribution in [2.45, 2.75) is 30.3 Å². The van der Waals surface area contributed by atoms with Gasteiger partial charge in [-0.05, 0) is 44.0 Å². The van der Waals surface area contributed by atoms with Gasteiger partial charge in [-0.15, -0.1) is 0 Å². The van der Waals surface area contributed by atoms with Crippen LogP contribution < -0.4 is 4.90 Å². The van der Waals surface area contributed by atoms with Crippen molar-refractivity contribution in [3.05, 3.63) is 53.1 Å².